The van der Waals surface area contributed by atoms with Crippen LogP contribution in [0.2, 0.25) is 0 Å². The first-order valence-electron chi connectivity index (χ1n) is 14.9. The lowest BCUT2D eigenvalue weighted by molar-refractivity contribution is -0.148. The van der Waals surface area contributed by atoms with Gasteiger partial charge in [-0.15, -0.1) is 0 Å². The van der Waals surface area contributed by atoms with Gasteiger partial charge in [0.25, 0.3) is 0 Å². The fourth-order valence-corrected chi connectivity index (χ4v) is 6.90. The largest absolute Gasteiger partial charge is 0.504 e. The summed E-state index contributed by atoms with van der Waals surface area (Å²) in [5, 5.41) is 28.4. The molecule has 1 aromatic rings. The number of aromatic hydroxyl groups is 1. The van der Waals surface area contributed by atoms with E-state index in [0.29, 0.717) is 48.8 Å². The number of aryl methyl sites for hydroxylation is 1. The third-order valence-corrected chi connectivity index (χ3v) is 9.01. The molecule has 3 aliphatic rings. The number of phenols is 1. The maximum atomic E-state index is 11.9. The molecule has 0 amide bonds. The number of rotatable bonds is 10. The number of piperidine rings is 1. The summed E-state index contributed by atoms with van der Waals surface area (Å²) < 4.78 is 11.8. The zero-order valence-corrected chi connectivity index (χ0v) is 23.6. The van der Waals surface area contributed by atoms with Gasteiger partial charge in [-0.1, -0.05) is 18.9 Å². The molecule has 9 nitrogen and oxygen atoms in total. The molecule has 1 heterocycles. The molecule has 0 bridgehead atoms. The summed E-state index contributed by atoms with van der Waals surface area (Å²) in [5.41, 5.74) is 7.00. The van der Waals surface area contributed by atoms with E-state index >= 15 is 0 Å². The Balaban J connectivity index is 1.34. The molecule has 39 heavy (non-hydrogen) atoms. The highest BCUT2D eigenvalue weighted by Crippen LogP contribution is 2.44. The standard InChI is InChI=1S/C30H48N4O5/c1-19(35)38-24(10-6-20-7-11-27(36)29(16-20)39-23-12-14-33-15-13-23)18-28(37)22-9-8-21-4-3-5-26(25(21)17-22)34-30(31)32-2/h7,11,16,21-26,28,33,36-37H,3-6,8-10,12-15,17-18H2,1-2H3,(H3,31,32,34). The van der Waals surface area contributed by atoms with Crippen LogP contribution in [0, 0.1) is 17.8 Å². The predicted octanol–water partition coefficient (Wildman–Crippen LogP) is 3.26. The van der Waals surface area contributed by atoms with E-state index in [-0.39, 0.29) is 29.8 Å². The Hall–Kier alpha value is -2.52. The summed E-state index contributed by atoms with van der Waals surface area (Å²) >= 11 is 0. The summed E-state index contributed by atoms with van der Waals surface area (Å²) in [6.45, 7) is 3.25. The Morgan fingerprint density at radius 2 is 2.00 bits per heavy atom. The molecule has 4 rings (SSSR count). The average molecular weight is 545 g/mol. The molecule has 6 N–H and O–H groups in total. The molecule has 218 valence electrons. The van der Waals surface area contributed by atoms with Crippen molar-refractivity contribution in [3.05, 3.63) is 23.8 Å². The van der Waals surface area contributed by atoms with Crippen molar-refractivity contribution in [3.63, 3.8) is 0 Å². The molecular weight excluding hydrogens is 496 g/mol. The highest BCUT2D eigenvalue weighted by Gasteiger charge is 2.40. The molecule has 3 fully saturated rings. The maximum Gasteiger partial charge on any atom is 0.302 e. The lowest BCUT2D eigenvalue weighted by atomic mass is 9.64. The number of aliphatic hydroxyl groups is 1. The Morgan fingerprint density at radius 1 is 1.21 bits per heavy atom. The number of carbonyl (C=O) groups excluding carboxylic acids is 1. The van der Waals surface area contributed by atoms with E-state index < -0.39 is 6.10 Å². The molecule has 0 radical (unpaired) electrons. The van der Waals surface area contributed by atoms with Gasteiger partial charge in [-0.25, -0.2) is 0 Å². The van der Waals surface area contributed by atoms with Crippen LogP contribution in [0.15, 0.2) is 23.2 Å². The van der Waals surface area contributed by atoms with Crippen LogP contribution >= 0.6 is 0 Å². The van der Waals surface area contributed by atoms with Gasteiger partial charge >= 0.3 is 5.97 Å². The van der Waals surface area contributed by atoms with Crippen LogP contribution in [0.25, 0.3) is 0 Å². The summed E-state index contributed by atoms with van der Waals surface area (Å²) in [4.78, 5) is 16.0. The topological polar surface area (TPSA) is 138 Å². The number of nitrogens with one attached hydrogen (secondary N) is 2. The summed E-state index contributed by atoms with van der Waals surface area (Å²) in [5.74, 6) is 2.09. The highest BCUT2D eigenvalue weighted by molar-refractivity contribution is 5.78. The minimum absolute atomic E-state index is 0.0936. The van der Waals surface area contributed by atoms with Gasteiger partial charge in [-0.05, 0) is 99.9 Å². The number of benzene rings is 1. The number of hydrogen-bond donors (Lipinski definition) is 5. The summed E-state index contributed by atoms with van der Waals surface area (Å²) in [7, 11) is 1.70. The number of aliphatic hydroxyl groups excluding tert-OH is 1. The molecule has 2 aliphatic carbocycles. The lowest BCUT2D eigenvalue weighted by Gasteiger charge is -2.45. The Kier molecular flexibility index (Phi) is 10.7. The number of nitrogens with zero attached hydrogens (tertiary/aromatic N) is 1. The number of nitrogens with two attached hydrogens (primary N) is 1. The van der Waals surface area contributed by atoms with Gasteiger partial charge in [0.15, 0.2) is 17.5 Å². The molecule has 1 aliphatic heterocycles. The smallest absolute Gasteiger partial charge is 0.302 e. The van der Waals surface area contributed by atoms with E-state index in [1.807, 2.05) is 12.1 Å². The van der Waals surface area contributed by atoms with E-state index in [1.165, 1.54) is 19.8 Å². The number of hydrogen-bond acceptors (Lipinski definition) is 7. The fourth-order valence-electron chi connectivity index (χ4n) is 6.90. The number of guanidine groups is 1. The normalized spacial score (nSPS) is 27.7. The maximum absolute atomic E-state index is 11.9. The molecule has 0 aromatic heterocycles. The summed E-state index contributed by atoms with van der Waals surface area (Å²) in [6.07, 6.45) is 9.25. The minimum Gasteiger partial charge on any atom is -0.504 e. The predicted molar refractivity (Wildman–Crippen MR) is 152 cm³/mol. The van der Waals surface area contributed by atoms with E-state index in [1.54, 1.807) is 13.1 Å². The van der Waals surface area contributed by atoms with Crippen molar-refractivity contribution < 1.29 is 24.5 Å². The molecular formula is C30H48N4O5. The number of esters is 1. The second-order valence-corrected chi connectivity index (χ2v) is 11.7. The Labute approximate surface area is 232 Å². The highest BCUT2D eigenvalue weighted by atomic mass is 16.5. The van der Waals surface area contributed by atoms with Crippen molar-refractivity contribution in [1.82, 2.24) is 10.6 Å². The van der Waals surface area contributed by atoms with Gasteiger partial charge < -0.3 is 36.1 Å². The van der Waals surface area contributed by atoms with Crippen molar-refractivity contribution >= 4 is 11.9 Å². The Morgan fingerprint density at radius 3 is 2.74 bits per heavy atom. The summed E-state index contributed by atoms with van der Waals surface area (Å²) in [6, 6.07) is 5.74. The molecule has 1 aromatic carbocycles. The molecule has 1 saturated heterocycles. The molecule has 9 heteroatoms. The van der Waals surface area contributed by atoms with E-state index in [9.17, 15) is 15.0 Å². The van der Waals surface area contributed by atoms with Crippen molar-refractivity contribution in [2.24, 2.45) is 28.5 Å². The van der Waals surface area contributed by atoms with Crippen LogP contribution in [0.5, 0.6) is 11.5 Å². The van der Waals surface area contributed by atoms with Crippen LogP contribution in [-0.2, 0) is 16.0 Å². The van der Waals surface area contributed by atoms with Crippen molar-refractivity contribution in [1.29, 1.82) is 0 Å². The van der Waals surface area contributed by atoms with Crippen LogP contribution in [0.4, 0.5) is 0 Å². The van der Waals surface area contributed by atoms with Gasteiger partial charge in [0.05, 0.1) is 6.10 Å². The van der Waals surface area contributed by atoms with Gasteiger partial charge in [0.2, 0.25) is 0 Å². The SMILES string of the molecule is CN=C(N)NC1CCCC2CCC(C(O)CC(CCc3ccc(O)c(OC4CCNCC4)c3)OC(C)=O)CC21. The zero-order valence-electron chi connectivity index (χ0n) is 23.6. The molecule has 0 spiro atoms. The number of aliphatic imine (C=N–C) groups is 1. The zero-order chi connectivity index (χ0) is 27.8. The third-order valence-electron chi connectivity index (χ3n) is 9.01. The third kappa shape index (κ3) is 8.48. The second-order valence-electron chi connectivity index (χ2n) is 11.7. The first-order valence-corrected chi connectivity index (χ1v) is 14.9. The van der Waals surface area contributed by atoms with Crippen LogP contribution < -0.4 is 21.1 Å². The van der Waals surface area contributed by atoms with Crippen molar-refractivity contribution in [3.8, 4) is 11.5 Å². The fraction of sp³-hybridized carbons (Fsp3) is 0.733. The monoisotopic (exact) mass is 544 g/mol. The number of fused-ring (bicyclic) bond motifs is 1. The Bertz CT molecular complexity index is 967. The number of ether oxygens (including phenoxy) is 2. The van der Waals surface area contributed by atoms with E-state index in [2.05, 4.69) is 15.6 Å². The van der Waals surface area contributed by atoms with Crippen molar-refractivity contribution in [2.45, 2.75) is 102 Å². The van der Waals surface area contributed by atoms with Crippen molar-refractivity contribution in [2.75, 3.05) is 20.1 Å². The molecule has 6 unspecified atom stereocenters. The quantitative estimate of drug-likeness (QED) is 0.172. The van der Waals surface area contributed by atoms with Gasteiger partial charge in [-0.3, -0.25) is 9.79 Å². The van der Waals surface area contributed by atoms with E-state index in [4.69, 9.17) is 15.2 Å². The average Bonchev–Trinajstić information content (AvgIpc) is 2.93. The first kappa shape index (κ1) is 29.5. The lowest BCUT2D eigenvalue weighted by Crippen LogP contribution is -2.50. The van der Waals surface area contributed by atoms with E-state index in [0.717, 1.165) is 57.2 Å². The van der Waals surface area contributed by atoms with Gasteiger partial charge in [0.1, 0.15) is 12.2 Å². The minimum atomic E-state index is -0.534. The molecule has 6 atom stereocenters. The number of carbonyl (C=O) groups is 1. The second kappa shape index (κ2) is 14.2. The van der Waals surface area contributed by atoms with Crippen LogP contribution in [0.3, 0.4) is 0 Å². The van der Waals surface area contributed by atoms with Crippen LogP contribution in [-0.4, -0.2) is 66.6 Å². The first-order chi connectivity index (χ1) is 18.8. The van der Waals surface area contributed by atoms with Crippen LogP contribution in [0.1, 0.15) is 76.7 Å². The van der Waals surface area contributed by atoms with Gasteiger partial charge in [-0.2, -0.15) is 0 Å². The van der Waals surface area contributed by atoms with Gasteiger partial charge in [0, 0.05) is 26.4 Å². The number of phenolic OH excluding ortho intramolecular Hbond substituents is 1. The molecule has 2 saturated carbocycles.